The van der Waals surface area contributed by atoms with Gasteiger partial charge in [0, 0.05) is 42.4 Å². The molecule has 2 N–H and O–H groups in total. The van der Waals surface area contributed by atoms with E-state index in [1.54, 1.807) is 30.2 Å². The maximum absolute atomic E-state index is 14.6. The molecule has 1 atom stereocenters. The summed E-state index contributed by atoms with van der Waals surface area (Å²) in [6.45, 7) is 0. The van der Waals surface area contributed by atoms with Crippen LogP contribution in [0, 0.1) is 17.1 Å². The molecule has 0 radical (unpaired) electrons. The Balaban J connectivity index is 2.34. The van der Waals surface area contributed by atoms with Crippen LogP contribution in [0.2, 0.25) is 5.02 Å². The first kappa shape index (κ1) is 17.5. The highest BCUT2D eigenvalue weighted by atomic mass is 35.5. The van der Waals surface area contributed by atoms with E-state index in [4.69, 9.17) is 17.3 Å². The van der Waals surface area contributed by atoms with E-state index < -0.39 is 11.7 Å². The zero-order valence-corrected chi connectivity index (χ0v) is 14.8. The van der Waals surface area contributed by atoms with Gasteiger partial charge in [-0.05, 0) is 25.0 Å². The molecule has 2 aliphatic rings. The number of halogens is 2. The molecule has 25 heavy (non-hydrogen) atoms. The SMILES string of the molecule is CN(C)N1C(N)=C(C#N)[C@@H](c2c(F)cccc2Cl)C2=C1CCCC2=O. The number of hydrogen-bond donors (Lipinski definition) is 1. The van der Waals surface area contributed by atoms with Crippen LogP contribution >= 0.6 is 11.6 Å². The lowest BCUT2D eigenvalue weighted by Crippen LogP contribution is -2.45. The van der Waals surface area contributed by atoms with Crippen molar-refractivity contribution in [2.75, 3.05) is 14.1 Å². The highest BCUT2D eigenvalue weighted by Crippen LogP contribution is 2.47. The standard InChI is InChI=1S/C18H18ClFN4O/c1-23(2)24-13-7-4-8-14(25)17(13)15(10(9-21)18(24)22)16-11(19)5-3-6-12(16)20/h3,5-6,15H,4,7-8,22H2,1-2H3/t15-/m0/s1. The predicted molar refractivity (Wildman–Crippen MR) is 92.4 cm³/mol. The summed E-state index contributed by atoms with van der Waals surface area (Å²) in [7, 11) is 3.56. The van der Waals surface area contributed by atoms with Gasteiger partial charge >= 0.3 is 0 Å². The fourth-order valence-corrected chi connectivity index (χ4v) is 3.87. The Morgan fingerprint density at radius 2 is 2.12 bits per heavy atom. The molecule has 0 fully saturated rings. The van der Waals surface area contributed by atoms with E-state index in [0.29, 0.717) is 30.5 Å². The molecule has 0 saturated heterocycles. The van der Waals surface area contributed by atoms with Gasteiger partial charge < -0.3 is 5.73 Å². The number of allylic oxidation sites excluding steroid dienone is 3. The van der Waals surface area contributed by atoms with Crippen molar-refractivity contribution in [1.29, 1.82) is 5.26 Å². The maximum atomic E-state index is 14.6. The number of carbonyl (C=O) groups excluding carboxylic acids is 1. The number of nitriles is 1. The Kier molecular flexibility index (Phi) is 4.55. The van der Waals surface area contributed by atoms with Crippen LogP contribution in [0.25, 0.3) is 0 Å². The number of benzene rings is 1. The molecule has 3 rings (SSSR count). The van der Waals surface area contributed by atoms with Crippen molar-refractivity contribution in [3.05, 3.63) is 57.3 Å². The predicted octanol–water partition coefficient (Wildman–Crippen LogP) is 3.06. The van der Waals surface area contributed by atoms with Gasteiger partial charge in [0.2, 0.25) is 0 Å². The molecule has 5 nitrogen and oxygen atoms in total. The molecule has 1 aliphatic carbocycles. The summed E-state index contributed by atoms with van der Waals surface area (Å²) in [4.78, 5) is 12.7. The number of Topliss-reactive ketones (excluding diaryl/α,β-unsaturated/α-hetero) is 1. The monoisotopic (exact) mass is 360 g/mol. The summed E-state index contributed by atoms with van der Waals surface area (Å²) >= 11 is 6.24. The average Bonchev–Trinajstić information content (AvgIpc) is 2.54. The molecule has 1 aliphatic heterocycles. The lowest BCUT2D eigenvalue weighted by Gasteiger charge is -2.42. The lowest BCUT2D eigenvalue weighted by molar-refractivity contribution is -0.116. The number of carbonyl (C=O) groups is 1. The Morgan fingerprint density at radius 3 is 2.72 bits per heavy atom. The fourth-order valence-electron chi connectivity index (χ4n) is 3.60. The van der Waals surface area contributed by atoms with Gasteiger partial charge in [0.1, 0.15) is 11.6 Å². The van der Waals surface area contributed by atoms with E-state index in [0.717, 1.165) is 0 Å². The van der Waals surface area contributed by atoms with Crippen LogP contribution in [0.3, 0.4) is 0 Å². The number of hydrogen-bond acceptors (Lipinski definition) is 5. The first-order valence-corrected chi connectivity index (χ1v) is 8.33. The van der Waals surface area contributed by atoms with Crippen molar-refractivity contribution >= 4 is 17.4 Å². The van der Waals surface area contributed by atoms with Gasteiger partial charge in [-0.15, -0.1) is 0 Å². The first-order valence-electron chi connectivity index (χ1n) is 7.95. The normalized spacial score (nSPS) is 20.9. The summed E-state index contributed by atoms with van der Waals surface area (Å²) in [5.74, 6) is -1.33. The van der Waals surface area contributed by atoms with Crippen LogP contribution in [0.5, 0.6) is 0 Å². The Labute approximate surface area is 150 Å². The molecule has 0 aromatic heterocycles. The zero-order chi connectivity index (χ0) is 18.3. The molecule has 0 unspecified atom stereocenters. The molecule has 0 saturated carbocycles. The minimum absolute atomic E-state index is 0.0994. The third-order valence-corrected chi connectivity index (χ3v) is 4.90. The van der Waals surface area contributed by atoms with Crippen molar-refractivity contribution in [3.63, 3.8) is 0 Å². The van der Waals surface area contributed by atoms with E-state index in [9.17, 15) is 14.4 Å². The topological polar surface area (TPSA) is 73.4 Å². The molecule has 0 spiro atoms. The molecular weight excluding hydrogens is 343 g/mol. The molecule has 1 aromatic carbocycles. The van der Waals surface area contributed by atoms with Gasteiger partial charge in [0.15, 0.2) is 5.78 Å². The summed E-state index contributed by atoms with van der Waals surface area (Å²) in [5, 5.41) is 13.3. The molecule has 7 heteroatoms. The summed E-state index contributed by atoms with van der Waals surface area (Å²) in [6, 6.07) is 6.39. The minimum Gasteiger partial charge on any atom is -0.383 e. The molecule has 130 valence electrons. The Bertz CT molecular complexity index is 833. The number of nitrogens with two attached hydrogens (primary N) is 1. The second kappa shape index (κ2) is 6.51. The summed E-state index contributed by atoms with van der Waals surface area (Å²) in [6.07, 6.45) is 1.68. The zero-order valence-electron chi connectivity index (χ0n) is 14.0. The Hall–Kier alpha value is -2.36. The van der Waals surface area contributed by atoms with E-state index in [1.165, 1.54) is 12.1 Å². The molecule has 0 amide bonds. The smallest absolute Gasteiger partial charge is 0.161 e. The quantitative estimate of drug-likeness (QED) is 0.877. The largest absolute Gasteiger partial charge is 0.383 e. The number of ketones is 1. The third-order valence-electron chi connectivity index (χ3n) is 4.57. The van der Waals surface area contributed by atoms with Crippen molar-refractivity contribution in [3.8, 4) is 6.07 Å². The highest BCUT2D eigenvalue weighted by Gasteiger charge is 2.42. The first-order chi connectivity index (χ1) is 11.9. The fraction of sp³-hybridized carbons (Fsp3) is 0.333. The van der Waals surface area contributed by atoms with Crippen molar-refractivity contribution in [2.24, 2.45) is 5.73 Å². The van der Waals surface area contributed by atoms with Crippen LogP contribution in [-0.2, 0) is 4.79 Å². The Morgan fingerprint density at radius 1 is 1.40 bits per heavy atom. The van der Waals surface area contributed by atoms with Crippen LogP contribution in [-0.4, -0.2) is 29.9 Å². The van der Waals surface area contributed by atoms with Gasteiger partial charge in [-0.1, -0.05) is 17.7 Å². The number of nitrogens with zero attached hydrogens (tertiary/aromatic N) is 3. The molecule has 1 heterocycles. The number of hydrazine groups is 1. The van der Waals surface area contributed by atoms with Crippen molar-refractivity contribution in [1.82, 2.24) is 10.0 Å². The third kappa shape index (κ3) is 2.70. The maximum Gasteiger partial charge on any atom is 0.161 e. The average molecular weight is 361 g/mol. The lowest BCUT2D eigenvalue weighted by atomic mass is 9.76. The van der Waals surface area contributed by atoms with Gasteiger partial charge in [0.05, 0.1) is 17.6 Å². The van der Waals surface area contributed by atoms with Gasteiger partial charge in [-0.2, -0.15) is 5.26 Å². The molecule has 0 bridgehead atoms. The van der Waals surface area contributed by atoms with E-state index in [2.05, 4.69) is 6.07 Å². The highest BCUT2D eigenvalue weighted by molar-refractivity contribution is 6.31. The summed E-state index contributed by atoms with van der Waals surface area (Å²) < 4.78 is 14.6. The van der Waals surface area contributed by atoms with Crippen LogP contribution in [0.4, 0.5) is 4.39 Å². The van der Waals surface area contributed by atoms with E-state index in [1.807, 2.05) is 0 Å². The minimum atomic E-state index is -0.877. The van der Waals surface area contributed by atoms with Gasteiger partial charge in [-0.3, -0.25) is 9.80 Å². The molecular formula is C18H18ClFN4O. The van der Waals surface area contributed by atoms with E-state index >= 15 is 0 Å². The van der Waals surface area contributed by atoms with Crippen LogP contribution in [0.1, 0.15) is 30.7 Å². The second-order valence-corrected chi connectivity index (χ2v) is 6.68. The summed E-state index contributed by atoms with van der Waals surface area (Å²) in [5.41, 5.74) is 7.63. The van der Waals surface area contributed by atoms with Crippen LogP contribution < -0.4 is 5.73 Å². The van der Waals surface area contributed by atoms with Gasteiger partial charge in [0.25, 0.3) is 0 Å². The van der Waals surface area contributed by atoms with Gasteiger partial charge in [-0.25, -0.2) is 9.40 Å². The molecule has 1 aromatic rings. The van der Waals surface area contributed by atoms with Crippen molar-refractivity contribution < 1.29 is 9.18 Å². The number of rotatable bonds is 2. The van der Waals surface area contributed by atoms with Crippen molar-refractivity contribution in [2.45, 2.75) is 25.2 Å². The second-order valence-electron chi connectivity index (χ2n) is 6.28. The van der Waals surface area contributed by atoms with E-state index in [-0.39, 0.29) is 27.8 Å². The van der Waals surface area contributed by atoms with Crippen LogP contribution in [0.15, 0.2) is 40.9 Å².